The van der Waals surface area contributed by atoms with Crippen molar-refractivity contribution < 1.29 is 13.2 Å². The van der Waals surface area contributed by atoms with Gasteiger partial charge < -0.3 is 5.32 Å². The van der Waals surface area contributed by atoms with E-state index in [9.17, 15) is 13.2 Å². The molecule has 1 aromatic carbocycles. The predicted octanol–water partition coefficient (Wildman–Crippen LogP) is 3.46. The fourth-order valence-electron chi connectivity index (χ4n) is 2.07. The smallest absolute Gasteiger partial charge is 0.230 e. The van der Waals surface area contributed by atoms with Crippen LogP contribution in [-0.4, -0.2) is 25.6 Å². The summed E-state index contributed by atoms with van der Waals surface area (Å²) < 4.78 is 22.8. The number of rotatable bonds is 5. The molecule has 0 fully saturated rings. The van der Waals surface area contributed by atoms with Crippen LogP contribution < -0.4 is 5.32 Å². The van der Waals surface area contributed by atoms with Crippen LogP contribution in [0.25, 0.3) is 10.6 Å². The number of sulfone groups is 1. The zero-order chi connectivity index (χ0) is 17.2. The molecule has 0 saturated heterocycles. The highest BCUT2D eigenvalue weighted by atomic mass is 32.2. The summed E-state index contributed by atoms with van der Waals surface area (Å²) in [6.07, 6.45) is 1.32. The molecule has 0 aliphatic rings. The van der Waals surface area contributed by atoms with Crippen LogP contribution in [0.3, 0.4) is 0 Å². The van der Waals surface area contributed by atoms with Crippen molar-refractivity contribution in [2.75, 3.05) is 11.6 Å². The van der Waals surface area contributed by atoms with Gasteiger partial charge in [-0.15, -0.1) is 22.7 Å². The Morgan fingerprint density at radius 3 is 2.54 bits per heavy atom. The second kappa shape index (κ2) is 6.84. The van der Waals surface area contributed by atoms with Gasteiger partial charge in [0.15, 0.2) is 15.0 Å². The Morgan fingerprint density at radius 2 is 1.92 bits per heavy atom. The quantitative estimate of drug-likeness (QED) is 0.738. The summed E-state index contributed by atoms with van der Waals surface area (Å²) in [4.78, 5) is 17.8. The molecule has 2 heterocycles. The van der Waals surface area contributed by atoms with E-state index in [1.54, 1.807) is 23.5 Å². The van der Waals surface area contributed by atoms with Gasteiger partial charge in [0.2, 0.25) is 5.91 Å². The number of nitrogens with zero attached hydrogens (tertiary/aromatic N) is 1. The highest BCUT2D eigenvalue weighted by molar-refractivity contribution is 7.90. The van der Waals surface area contributed by atoms with E-state index in [1.165, 1.54) is 23.5 Å². The Hall–Kier alpha value is -2.03. The van der Waals surface area contributed by atoms with Crippen LogP contribution in [0, 0.1) is 0 Å². The Kier molecular flexibility index (Phi) is 4.79. The second-order valence-electron chi connectivity index (χ2n) is 5.16. The third-order valence-corrected chi connectivity index (χ3v) is 6.02. The number of carbonyl (C=O) groups excluding carboxylic acids is 1. The molecule has 0 spiro atoms. The van der Waals surface area contributed by atoms with Crippen molar-refractivity contribution in [2.24, 2.45) is 0 Å². The molecule has 0 bridgehead atoms. The summed E-state index contributed by atoms with van der Waals surface area (Å²) in [6, 6.07) is 10.3. The van der Waals surface area contributed by atoms with E-state index in [0.29, 0.717) is 5.13 Å². The molecule has 8 heteroatoms. The van der Waals surface area contributed by atoms with Crippen LogP contribution in [-0.2, 0) is 21.1 Å². The standard InChI is InChI=1S/C16H14N2O3S3/c1-24(20,21)12-6-4-11(5-7-12)9-15(19)18-16-17-13(10-23-16)14-3-2-8-22-14/h2-8,10H,9H2,1H3,(H,17,18,19). The number of amides is 1. The fourth-order valence-corrected chi connectivity index (χ4v) is 4.19. The molecule has 0 atom stereocenters. The topological polar surface area (TPSA) is 76.1 Å². The Bertz CT molecular complexity index is 943. The van der Waals surface area contributed by atoms with Crippen LogP contribution in [0.1, 0.15) is 5.56 Å². The van der Waals surface area contributed by atoms with Crippen molar-refractivity contribution in [3.63, 3.8) is 0 Å². The van der Waals surface area contributed by atoms with Crippen molar-refractivity contribution in [1.29, 1.82) is 0 Å². The van der Waals surface area contributed by atoms with Gasteiger partial charge in [-0.2, -0.15) is 0 Å². The number of nitrogens with one attached hydrogen (secondary N) is 1. The zero-order valence-electron chi connectivity index (χ0n) is 12.7. The average Bonchev–Trinajstić information content (AvgIpc) is 3.17. The normalized spacial score (nSPS) is 11.4. The Labute approximate surface area is 147 Å². The SMILES string of the molecule is CS(=O)(=O)c1ccc(CC(=O)Nc2nc(-c3cccs3)cs2)cc1. The lowest BCUT2D eigenvalue weighted by Gasteiger charge is -2.03. The van der Waals surface area contributed by atoms with Gasteiger partial charge in [-0.05, 0) is 29.1 Å². The highest BCUT2D eigenvalue weighted by Gasteiger charge is 2.11. The predicted molar refractivity (Wildman–Crippen MR) is 97.3 cm³/mol. The van der Waals surface area contributed by atoms with Crippen molar-refractivity contribution in [3.05, 3.63) is 52.7 Å². The second-order valence-corrected chi connectivity index (χ2v) is 8.98. The maximum atomic E-state index is 12.1. The lowest BCUT2D eigenvalue weighted by Crippen LogP contribution is -2.14. The lowest BCUT2D eigenvalue weighted by molar-refractivity contribution is -0.115. The third kappa shape index (κ3) is 4.08. The molecular formula is C16H14N2O3S3. The van der Waals surface area contributed by atoms with E-state index in [4.69, 9.17) is 0 Å². The third-order valence-electron chi connectivity index (χ3n) is 3.24. The summed E-state index contributed by atoms with van der Waals surface area (Å²) in [5, 5.41) is 7.21. The van der Waals surface area contributed by atoms with Crippen LogP contribution in [0.15, 0.2) is 52.1 Å². The molecule has 3 aromatic rings. The number of carbonyl (C=O) groups is 1. The highest BCUT2D eigenvalue weighted by Crippen LogP contribution is 2.28. The van der Waals surface area contributed by atoms with Gasteiger partial charge in [0, 0.05) is 11.6 Å². The first kappa shape index (κ1) is 16.8. The zero-order valence-corrected chi connectivity index (χ0v) is 15.2. The average molecular weight is 378 g/mol. The van der Waals surface area contributed by atoms with Gasteiger partial charge in [0.05, 0.1) is 21.9 Å². The molecule has 5 nitrogen and oxygen atoms in total. The number of anilines is 1. The number of aromatic nitrogens is 1. The van der Waals surface area contributed by atoms with Crippen LogP contribution in [0.5, 0.6) is 0 Å². The molecule has 1 N–H and O–H groups in total. The van der Waals surface area contributed by atoms with Crippen molar-refractivity contribution in [3.8, 4) is 10.6 Å². The first-order valence-corrected chi connectivity index (χ1v) is 10.6. The maximum Gasteiger partial charge on any atom is 0.230 e. The number of benzene rings is 1. The number of thiophene rings is 1. The molecule has 2 aromatic heterocycles. The minimum atomic E-state index is -3.22. The van der Waals surface area contributed by atoms with Crippen molar-refractivity contribution >= 4 is 43.5 Å². The molecular weight excluding hydrogens is 364 g/mol. The van der Waals surface area contributed by atoms with Crippen LogP contribution in [0.4, 0.5) is 5.13 Å². The van der Waals surface area contributed by atoms with Gasteiger partial charge in [0.1, 0.15) is 0 Å². The van der Waals surface area contributed by atoms with E-state index in [0.717, 1.165) is 22.4 Å². The van der Waals surface area contributed by atoms with Gasteiger partial charge in [-0.3, -0.25) is 4.79 Å². The van der Waals surface area contributed by atoms with Crippen molar-refractivity contribution in [2.45, 2.75) is 11.3 Å². The molecule has 24 heavy (non-hydrogen) atoms. The number of hydrogen-bond acceptors (Lipinski definition) is 6. The van der Waals surface area contributed by atoms with Crippen LogP contribution >= 0.6 is 22.7 Å². The molecule has 0 radical (unpaired) electrons. The monoisotopic (exact) mass is 378 g/mol. The summed E-state index contributed by atoms with van der Waals surface area (Å²) in [6.45, 7) is 0. The molecule has 0 saturated carbocycles. The van der Waals surface area contributed by atoms with E-state index >= 15 is 0 Å². The first-order chi connectivity index (χ1) is 11.4. The summed E-state index contributed by atoms with van der Waals surface area (Å²) >= 11 is 2.97. The molecule has 0 aliphatic heterocycles. The van der Waals surface area contributed by atoms with Crippen molar-refractivity contribution in [1.82, 2.24) is 4.98 Å². The van der Waals surface area contributed by atoms with Gasteiger partial charge >= 0.3 is 0 Å². The first-order valence-electron chi connectivity index (χ1n) is 7.00. The van der Waals surface area contributed by atoms with Crippen LogP contribution in [0.2, 0.25) is 0 Å². The molecule has 0 unspecified atom stereocenters. The lowest BCUT2D eigenvalue weighted by atomic mass is 10.1. The summed E-state index contributed by atoms with van der Waals surface area (Å²) in [5.41, 5.74) is 1.60. The van der Waals surface area contributed by atoms with E-state index in [1.807, 2.05) is 22.9 Å². The van der Waals surface area contributed by atoms with Gasteiger partial charge in [-0.1, -0.05) is 18.2 Å². The number of thiazole rings is 1. The van der Waals surface area contributed by atoms with Gasteiger partial charge in [-0.25, -0.2) is 13.4 Å². The molecule has 124 valence electrons. The number of hydrogen-bond donors (Lipinski definition) is 1. The van der Waals surface area contributed by atoms with E-state index in [-0.39, 0.29) is 17.2 Å². The van der Waals surface area contributed by atoms with E-state index in [2.05, 4.69) is 10.3 Å². The molecule has 1 amide bonds. The molecule has 0 aliphatic carbocycles. The minimum Gasteiger partial charge on any atom is -0.302 e. The Balaban J connectivity index is 1.64. The minimum absolute atomic E-state index is 0.165. The fraction of sp³-hybridized carbons (Fsp3) is 0.125. The molecule has 3 rings (SSSR count). The summed E-state index contributed by atoms with van der Waals surface area (Å²) in [5.74, 6) is -0.186. The van der Waals surface area contributed by atoms with E-state index < -0.39 is 9.84 Å². The summed E-state index contributed by atoms with van der Waals surface area (Å²) in [7, 11) is -3.22. The Morgan fingerprint density at radius 1 is 1.17 bits per heavy atom. The van der Waals surface area contributed by atoms with Gasteiger partial charge in [0.25, 0.3) is 0 Å². The largest absolute Gasteiger partial charge is 0.302 e. The maximum absolute atomic E-state index is 12.1.